The van der Waals surface area contributed by atoms with Gasteiger partial charge in [-0.25, -0.2) is 17.9 Å². The van der Waals surface area contributed by atoms with Crippen LogP contribution in [0, 0.1) is 0 Å². The van der Waals surface area contributed by atoms with Gasteiger partial charge in [0.2, 0.25) is 10.0 Å². The molecule has 1 aromatic heterocycles. The van der Waals surface area contributed by atoms with Crippen molar-refractivity contribution in [3.05, 3.63) is 65.7 Å². The molecular formula is C27H33F6N3O8S2. The molecular weight excluding hydrogens is 672 g/mol. The fourth-order valence-electron chi connectivity index (χ4n) is 3.44. The number of aliphatic carboxylic acids is 2. The zero-order valence-electron chi connectivity index (χ0n) is 24.0. The third-order valence-electron chi connectivity index (χ3n) is 5.47. The number of nitrogens with one attached hydrogen (secondary N) is 1. The van der Waals surface area contributed by atoms with Crippen LogP contribution in [0.25, 0.3) is 10.1 Å². The zero-order chi connectivity index (χ0) is 35.3. The van der Waals surface area contributed by atoms with E-state index in [9.17, 15) is 39.6 Å². The first-order valence-corrected chi connectivity index (χ1v) is 15.3. The fourth-order valence-corrected chi connectivity index (χ4v) is 5.90. The van der Waals surface area contributed by atoms with Gasteiger partial charge in [-0.05, 0) is 48.0 Å². The highest BCUT2D eigenvalue weighted by Crippen LogP contribution is 2.28. The van der Waals surface area contributed by atoms with E-state index < -0.39 is 34.8 Å². The second kappa shape index (κ2) is 21.9. The number of aryl methyl sites for hydroxylation is 1. The molecule has 0 atom stereocenters. The Morgan fingerprint density at radius 3 is 1.98 bits per heavy atom. The molecule has 0 bridgehead atoms. The molecule has 0 radical (unpaired) electrons. The van der Waals surface area contributed by atoms with Gasteiger partial charge in [0.25, 0.3) is 6.47 Å². The summed E-state index contributed by atoms with van der Waals surface area (Å²) >= 11 is 1.24. The first-order valence-electron chi connectivity index (χ1n) is 13.0. The highest BCUT2D eigenvalue weighted by molar-refractivity contribution is 7.91. The van der Waals surface area contributed by atoms with E-state index in [1.165, 1.54) is 16.9 Å². The van der Waals surface area contributed by atoms with Crippen molar-refractivity contribution >= 4 is 49.9 Å². The van der Waals surface area contributed by atoms with Crippen molar-refractivity contribution in [3.63, 3.8) is 0 Å². The summed E-state index contributed by atoms with van der Waals surface area (Å²) in [6.45, 7) is -1.66. The van der Waals surface area contributed by atoms with Crippen LogP contribution in [-0.2, 0) is 37.4 Å². The maximum atomic E-state index is 12.7. The summed E-state index contributed by atoms with van der Waals surface area (Å²) in [4.78, 5) is 30.3. The van der Waals surface area contributed by atoms with E-state index >= 15 is 0 Å². The number of benzene rings is 2. The van der Waals surface area contributed by atoms with Gasteiger partial charge in [-0.3, -0.25) is 9.59 Å². The molecule has 11 nitrogen and oxygen atoms in total. The van der Waals surface area contributed by atoms with Crippen LogP contribution in [0.4, 0.5) is 26.3 Å². The number of rotatable bonds is 13. The number of thiophene rings is 1. The molecule has 0 unspecified atom stereocenters. The van der Waals surface area contributed by atoms with Crippen molar-refractivity contribution in [3.8, 4) is 0 Å². The number of hydrogen-bond donors (Lipinski definition) is 5. The molecule has 2 aromatic carbocycles. The minimum absolute atomic E-state index is 0.0221. The Morgan fingerprint density at radius 2 is 1.50 bits per heavy atom. The minimum Gasteiger partial charge on any atom is -0.483 e. The van der Waals surface area contributed by atoms with Gasteiger partial charge in [-0.15, -0.1) is 11.3 Å². The summed E-state index contributed by atoms with van der Waals surface area (Å²) in [6.07, 6.45) is -3.35. The van der Waals surface area contributed by atoms with E-state index in [4.69, 9.17) is 30.6 Å². The largest absolute Gasteiger partial charge is 0.490 e. The Kier molecular flexibility index (Phi) is 20.1. The highest BCUT2D eigenvalue weighted by Gasteiger charge is 2.38. The van der Waals surface area contributed by atoms with Crippen LogP contribution in [0.2, 0.25) is 0 Å². The van der Waals surface area contributed by atoms with E-state index in [1.807, 2.05) is 41.3 Å². The van der Waals surface area contributed by atoms with E-state index in [-0.39, 0.29) is 23.6 Å². The molecule has 0 spiro atoms. The fraction of sp³-hybridized carbons (Fsp3) is 0.370. The average molecular weight is 706 g/mol. The molecule has 19 heteroatoms. The van der Waals surface area contributed by atoms with Crippen LogP contribution in [0.1, 0.15) is 24.0 Å². The highest BCUT2D eigenvalue weighted by atomic mass is 32.2. The normalized spacial score (nSPS) is 11.1. The number of fused-ring (bicyclic) bond motifs is 1. The van der Waals surface area contributed by atoms with Crippen LogP contribution < -0.4 is 10.5 Å². The van der Waals surface area contributed by atoms with Gasteiger partial charge >= 0.3 is 24.8 Å². The number of carboxylic acid groups (broad SMARTS) is 3. The molecule has 0 aliphatic carbocycles. The van der Waals surface area contributed by atoms with E-state index in [2.05, 4.69) is 16.9 Å². The van der Waals surface area contributed by atoms with Gasteiger partial charge in [-0.1, -0.05) is 42.5 Å². The van der Waals surface area contributed by atoms with Crippen molar-refractivity contribution in [2.75, 3.05) is 26.2 Å². The number of hydrogen-bond acceptors (Lipinski definition) is 8. The van der Waals surface area contributed by atoms with Gasteiger partial charge < -0.3 is 26.0 Å². The Hall–Kier alpha value is -3.78. The molecule has 0 saturated carbocycles. The van der Waals surface area contributed by atoms with Gasteiger partial charge in [0.05, 0.1) is 6.42 Å². The number of nitrogens with two attached hydrogens (primary N) is 1. The molecule has 0 fully saturated rings. The van der Waals surface area contributed by atoms with Gasteiger partial charge in [0.15, 0.2) is 0 Å². The van der Waals surface area contributed by atoms with Gasteiger partial charge in [-0.2, -0.15) is 26.3 Å². The van der Waals surface area contributed by atoms with Crippen molar-refractivity contribution < 1.29 is 64.5 Å². The first-order chi connectivity index (χ1) is 21.5. The third-order valence-corrected chi connectivity index (χ3v) is 8.52. The summed E-state index contributed by atoms with van der Waals surface area (Å²) < 4.78 is 90.0. The van der Waals surface area contributed by atoms with E-state index in [1.54, 1.807) is 6.07 Å². The third kappa shape index (κ3) is 18.9. The topological polar surface area (TPSA) is 187 Å². The monoisotopic (exact) mass is 705 g/mol. The molecule has 46 heavy (non-hydrogen) atoms. The number of halogens is 6. The second-order valence-electron chi connectivity index (χ2n) is 8.77. The van der Waals surface area contributed by atoms with Crippen LogP contribution in [0.15, 0.2) is 58.8 Å². The second-order valence-corrected chi connectivity index (χ2v) is 11.8. The maximum absolute atomic E-state index is 12.7. The SMILES string of the molecule is FC(F)F.NCc1ccc(CCCN(CCNS(=O)(=O)c2cc3ccccc3s2)CCC(=O)O)cc1.O=C(O)C(F)(F)F.O=CO. The molecule has 258 valence electrons. The summed E-state index contributed by atoms with van der Waals surface area (Å²) in [6, 6.07) is 17.4. The lowest BCUT2D eigenvalue weighted by atomic mass is 10.1. The van der Waals surface area contributed by atoms with Crippen LogP contribution >= 0.6 is 11.3 Å². The molecule has 0 aliphatic heterocycles. The quantitative estimate of drug-likeness (QED) is 0.125. The Morgan fingerprint density at radius 1 is 0.978 bits per heavy atom. The molecule has 6 N–H and O–H groups in total. The average Bonchev–Trinajstić information content (AvgIpc) is 3.41. The van der Waals surface area contributed by atoms with Crippen LogP contribution in [0.5, 0.6) is 0 Å². The van der Waals surface area contributed by atoms with Crippen molar-refractivity contribution in [2.24, 2.45) is 5.73 Å². The first kappa shape index (κ1) is 42.2. The van der Waals surface area contributed by atoms with Crippen molar-refractivity contribution in [1.82, 2.24) is 9.62 Å². The summed E-state index contributed by atoms with van der Waals surface area (Å²) in [7, 11) is -3.60. The van der Waals surface area contributed by atoms with Gasteiger partial charge in [0.1, 0.15) is 4.21 Å². The smallest absolute Gasteiger partial charge is 0.483 e. The van der Waals surface area contributed by atoms with Crippen molar-refractivity contribution in [1.29, 1.82) is 0 Å². The summed E-state index contributed by atoms with van der Waals surface area (Å²) in [5, 5.41) is 24.0. The number of alkyl halides is 6. The standard InChI is InChI=1S/C23H29N3O4S2.C2HF3O2.CHF3.CH2O2/c24-17-19-9-7-18(8-10-19)4-3-13-26(14-11-22(27)28)15-12-25-32(29,30)23-16-20-5-1-2-6-21(20)31-23;3-2(4,5)1(6)7;2-1(3)4;2-1-3/h1-2,5-10,16,25H,3-4,11-15,17,24H2,(H,27,28);(H,6,7);1H;1H,(H,2,3). The van der Waals surface area contributed by atoms with Gasteiger partial charge in [0, 0.05) is 30.9 Å². The number of sulfonamides is 1. The number of carboxylic acids is 2. The molecule has 1 heterocycles. The predicted molar refractivity (Wildman–Crippen MR) is 158 cm³/mol. The predicted octanol–water partition coefficient (Wildman–Crippen LogP) is 4.56. The lowest BCUT2D eigenvalue weighted by Gasteiger charge is -2.21. The Labute approximate surface area is 264 Å². The number of nitrogens with zero attached hydrogens (tertiary/aromatic N) is 1. The lowest BCUT2D eigenvalue weighted by Crippen LogP contribution is -2.36. The van der Waals surface area contributed by atoms with E-state index in [0.29, 0.717) is 26.2 Å². The summed E-state index contributed by atoms with van der Waals surface area (Å²) in [5.74, 6) is -3.62. The molecule has 0 saturated heterocycles. The van der Waals surface area contributed by atoms with E-state index in [0.717, 1.165) is 28.5 Å². The summed E-state index contributed by atoms with van der Waals surface area (Å²) in [5.41, 5.74) is 7.91. The molecule has 0 aliphatic rings. The van der Waals surface area contributed by atoms with Crippen LogP contribution in [-0.4, -0.2) is 86.1 Å². The zero-order valence-corrected chi connectivity index (χ0v) is 25.6. The van der Waals surface area contributed by atoms with Crippen molar-refractivity contribution in [2.45, 2.75) is 42.9 Å². The maximum Gasteiger partial charge on any atom is 0.490 e. The van der Waals surface area contributed by atoms with Crippen LogP contribution in [0.3, 0.4) is 0 Å². The molecule has 3 aromatic rings. The lowest BCUT2D eigenvalue weighted by molar-refractivity contribution is -0.192. The Bertz CT molecular complexity index is 1400. The molecule has 0 amide bonds. The minimum atomic E-state index is -5.08. The number of carbonyl (C=O) groups is 3. The molecule has 3 rings (SSSR count). The Balaban J connectivity index is 0.00000122.